The first-order chi connectivity index (χ1) is 3.68. The van der Waals surface area contributed by atoms with Gasteiger partial charge in [0.2, 0.25) is 0 Å². The molecule has 0 bridgehead atoms. The molecule has 0 aliphatic heterocycles. The van der Waals surface area contributed by atoms with Crippen LogP contribution in [0.2, 0.25) is 0 Å². The molecule has 0 aromatic rings. The predicted molar refractivity (Wildman–Crippen MR) is 32.9 cm³/mol. The van der Waals surface area contributed by atoms with Crippen LogP contribution in [0.3, 0.4) is 0 Å². The van der Waals surface area contributed by atoms with Crippen LogP contribution < -0.4 is 11.7 Å². The summed E-state index contributed by atoms with van der Waals surface area (Å²) < 4.78 is 0. The molecule has 0 aromatic carbocycles. The zero-order valence-corrected chi connectivity index (χ0v) is 4.70. The molecule has 0 aromatic heterocycles. The molecule has 0 saturated carbocycles. The monoisotopic (exact) mass is 115 g/mol. The minimum absolute atomic E-state index is 0.417. The summed E-state index contributed by atoms with van der Waals surface area (Å²) >= 11 is 0. The summed E-state index contributed by atoms with van der Waals surface area (Å²) in [4.78, 5) is 0. The molecule has 46 valence electrons. The Bertz CT molecular complexity index is 104. The van der Waals surface area contributed by atoms with E-state index in [0.29, 0.717) is 5.84 Å². The normalized spacial score (nSPS) is 11.1. The molecule has 0 amide bonds. The number of rotatable bonds is 1. The zero-order chi connectivity index (χ0) is 6.57. The van der Waals surface area contributed by atoms with Gasteiger partial charge < -0.3 is 0 Å². The van der Waals surface area contributed by atoms with Gasteiger partial charge in [0, 0.05) is 6.72 Å². The van der Waals surface area contributed by atoms with Crippen molar-refractivity contribution in [2.24, 2.45) is 21.9 Å². The summed E-state index contributed by atoms with van der Waals surface area (Å²) in [5, 5.41) is 7.49. The summed E-state index contributed by atoms with van der Waals surface area (Å²) in [5.41, 5.74) is 0. The van der Waals surface area contributed by atoms with Gasteiger partial charge in [0.25, 0.3) is 0 Å². The molecule has 0 spiro atoms. The van der Waals surface area contributed by atoms with E-state index in [4.69, 9.17) is 11.7 Å². The Morgan fingerprint density at radius 2 is 2.12 bits per heavy atom. The van der Waals surface area contributed by atoms with Gasteiger partial charge >= 0.3 is 0 Å². The second kappa shape index (κ2) is 3.11. The van der Waals surface area contributed by atoms with E-state index in [1.165, 1.54) is 0 Å². The molecule has 5 nitrogen and oxygen atoms in total. The second-order valence-electron chi connectivity index (χ2n) is 1.20. The predicted octanol–water partition coefficient (Wildman–Crippen LogP) is -0.930. The van der Waals surface area contributed by atoms with Crippen LogP contribution in [0.4, 0.5) is 0 Å². The topological polar surface area (TPSA) is 80.0 Å². The van der Waals surface area contributed by atoms with Gasteiger partial charge in [-0.05, 0) is 6.92 Å². The van der Waals surface area contributed by atoms with Crippen LogP contribution in [0.1, 0.15) is 6.92 Å². The van der Waals surface area contributed by atoms with Crippen molar-refractivity contribution in [2.75, 3.05) is 0 Å². The van der Waals surface area contributed by atoms with Crippen LogP contribution >= 0.6 is 0 Å². The Kier molecular flexibility index (Phi) is 2.75. The molecular weight excluding hydrogens is 106 g/mol. The molecule has 0 heterocycles. The van der Waals surface area contributed by atoms with Gasteiger partial charge in [-0.25, -0.2) is 16.8 Å². The van der Waals surface area contributed by atoms with Gasteiger partial charge in [-0.1, -0.05) is 0 Å². The van der Waals surface area contributed by atoms with E-state index in [9.17, 15) is 0 Å². The summed E-state index contributed by atoms with van der Waals surface area (Å²) in [5.74, 6) is 10.4. The second-order valence-corrected chi connectivity index (χ2v) is 1.20. The van der Waals surface area contributed by atoms with Gasteiger partial charge in [-0.3, -0.25) is 0 Å². The van der Waals surface area contributed by atoms with E-state index in [1.807, 2.05) is 0 Å². The van der Waals surface area contributed by atoms with E-state index in [1.54, 1.807) is 6.92 Å². The molecular formula is C3H9N5. The van der Waals surface area contributed by atoms with Gasteiger partial charge in [-0.2, -0.15) is 5.10 Å². The SMILES string of the molecule is C=N/N=C(/C)N(N)N. The average molecular weight is 115 g/mol. The summed E-state index contributed by atoms with van der Waals surface area (Å²) in [7, 11) is 0. The molecule has 0 fully saturated rings. The van der Waals surface area contributed by atoms with E-state index in [0.717, 1.165) is 5.12 Å². The maximum Gasteiger partial charge on any atom is 0.154 e. The summed E-state index contributed by atoms with van der Waals surface area (Å²) in [6.45, 7) is 4.73. The standard InChI is InChI=1S/C3H9N5/c1-3(7-6-2)8(4)5/h2,4-5H2,1H3/b7-3-. The lowest BCUT2D eigenvalue weighted by Crippen LogP contribution is -2.41. The van der Waals surface area contributed by atoms with Crippen molar-refractivity contribution in [3.8, 4) is 0 Å². The average Bonchev–Trinajstić information content (AvgIpc) is 1.67. The fourth-order valence-corrected chi connectivity index (χ4v) is 0.154. The first-order valence-corrected chi connectivity index (χ1v) is 1.98. The maximum absolute atomic E-state index is 5.01. The van der Waals surface area contributed by atoms with Crippen molar-refractivity contribution in [3.63, 3.8) is 0 Å². The fourth-order valence-electron chi connectivity index (χ4n) is 0.154. The maximum atomic E-state index is 5.01. The van der Waals surface area contributed by atoms with Crippen LogP contribution in [0.5, 0.6) is 0 Å². The molecule has 4 N–H and O–H groups in total. The smallest absolute Gasteiger partial charge is 0.154 e. The quantitative estimate of drug-likeness (QED) is 0.200. The van der Waals surface area contributed by atoms with Crippen molar-refractivity contribution in [2.45, 2.75) is 6.92 Å². The zero-order valence-electron chi connectivity index (χ0n) is 4.70. The summed E-state index contributed by atoms with van der Waals surface area (Å²) in [6, 6.07) is 0. The minimum atomic E-state index is 0.417. The number of hydrogen-bond donors (Lipinski definition) is 2. The number of nitrogens with two attached hydrogens (primary N) is 2. The molecule has 5 heteroatoms. The third-order valence-electron chi connectivity index (χ3n) is 0.589. The highest BCUT2D eigenvalue weighted by atomic mass is 15.6. The molecule has 0 atom stereocenters. The third-order valence-corrected chi connectivity index (χ3v) is 0.589. The van der Waals surface area contributed by atoms with Gasteiger partial charge in [0.15, 0.2) is 5.84 Å². The van der Waals surface area contributed by atoms with Crippen LogP contribution in [0.25, 0.3) is 0 Å². The molecule has 0 rings (SSSR count). The Balaban J connectivity index is 3.78. The Labute approximate surface area is 47.6 Å². The van der Waals surface area contributed by atoms with E-state index in [-0.39, 0.29) is 0 Å². The van der Waals surface area contributed by atoms with Crippen LogP contribution in [-0.2, 0) is 0 Å². The Hall–Kier alpha value is -0.940. The first-order valence-electron chi connectivity index (χ1n) is 1.98. The number of nitrogens with zero attached hydrogens (tertiary/aromatic N) is 3. The number of hydrazine groups is 2. The van der Waals surface area contributed by atoms with E-state index in [2.05, 4.69) is 16.9 Å². The number of hydrogen-bond acceptors (Lipinski definition) is 4. The van der Waals surface area contributed by atoms with E-state index >= 15 is 0 Å². The molecule has 0 aliphatic rings. The van der Waals surface area contributed by atoms with Crippen molar-refractivity contribution in [1.29, 1.82) is 0 Å². The lowest BCUT2D eigenvalue weighted by Gasteiger charge is -2.06. The molecule has 0 saturated heterocycles. The highest BCUT2D eigenvalue weighted by Gasteiger charge is 1.89. The van der Waals surface area contributed by atoms with Crippen molar-refractivity contribution in [1.82, 2.24) is 5.12 Å². The van der Waals surface area contributed by atoms with Crippen LogP contribution in [0.15, 0.2) is 10.2 Å². The number of amidine groups is 1. The molecule has 0 unspecified atom stereocenters. The largest absolute Gasteiger partial charge is 0.232 e. The highest BCUT2D eigenvalue weighted by Crippen LogP contribution is 1.74. The fraction of sp³-hybridized carbons (Fsp3) is 0.333. The highest BCUT2D eigenvalue weighted by molar-refractivity contribution is 5.78. The third kappa shape index (κ3) is 2.27. The molecule has 0 radical (unpaired) electrons. The Morgan fingerprint density at radius 3 is 2.25 bits per heavy atom. The molecule has 0 aliphatic carbocycles. The molecule has 8 heavy (non-hydrogen) atoms. The Morgan fingerprint density at radius 1 is 1.62 bits per heavy atom. The summed E-state index contributed by atoms with van der Waals surface area (Å²) in [6.07, 6.45) is 0. The minimum Gasteiger partial charge on any atom is -0.232 e. The van der Waals surface area contributed by atoms with Crippen molar-refractivity contribution in [3.05, 3.63) is 0 Å². The van der Waals surface area contributed by atoms with E-state index < -0.39 is 0 Å². The van der Waals surface area contributed by atoms with Crippen LogP contribution in [-0.4, -0.2) is 17.7 Å². The van der Waals surface area contributed by atoms with Gasteiger partial charge in [0.1, 0.15) is 0 Å². The van der Waals surface area contributed by atoms with Crippen molar-refractivity contribution < 1.29 is 0 Å². The van der Waals surface area contributed by atoms with Crippen LogP contribution in [0, 0.1) is 0 Å². The first kappa shape index (κ1) is 7.06. The van der Waals surface area contributed by atoms with Gasteiger partial charge in [-0.15, -0.1) is 5.10 Å². The van der Waals surface area contributed by atoms with Crippen molar-refractivity contribution >= 4 is 12.6 Å². The lowest BCUT2D eigenvalue weighted by molar-refractivity contribution is 0.460. The lowest BCUT2D eigenvalue weighted by atomic mass is 10.7. The van der Waals surface area contributed by atoms with Gasteiger partial charge in [0.05, 0.1) is 0 Å².